The summed E-state index contributed by atoms with van der Waals surface area (Å²) in [5, 5.41) is 0. The van der Waals surface area contributed by atoms with Crippen LogP contribution in [0.4, 0.5) is 18.9 Å². The first kappa shape index (κ1) is 15.7. The zero-order valence-electron chi connectivity index (χ0n) is 11.7. The zero-order valence-corrected chi connectivity index (χ0v) is 11.7. The Morgan fingerprint density at radius 2 is 1.81 bits per heavy atom. The monoisotopic (exact) mass is 301 g/mol. The second kappa shape index (κ2) is 5.95. The molecule has 2 N–H and O–H groups in total. The number of alkyl halides is 3. The highest BCUT2D eigenvalue weighted by molar-refractivity contribution is 5.90. The fraction of sp³-hybridized carbons (Fsp3) is 0.533. The highest BCUT2D eigenvalue weighted by Crippen LogP contribution is 2.32. The van der Waals surface area contributed by atoms with Crippen molar-refractivity contribution in [1.29, 1.82) is 0 Å². The third kappa shape index (κ3) is 4.12. The molecule has 1 saturated carbocycles. The number of esters is 1. The third-order valence-corrected chi connectivity index (χ3v) is 3.75. The van der Waals surface area contributed by atoms with Gasteiger partial charge in [0, 0.05) is 5.69 Å². The van der Waals surface area contributed by atoms with Gasteiger partial charge in [0.1, 0.15) is 6.10 Å². The molecule has 21 heavy (non-hydrogen) atoms. The van der Waals surface area contributed by atoms with Crippen LogP contribution in [0.5, 0.6) is 0 Å². The van der Waals surface area contributed by atoms with Crippen LogP contribution in [0, 0.1) is 5.92 Å². The number of hydrogen-bond donors (Lipinski definition) is 1. The molecule has 0 unspecified atom stereocenters. The van der Waals surface area contributed by atoms with Crippen LogP contribution < -0.4 is 5.73 Å². The molecule has 0 aliphatic heterocycles. The van der Waals surface area contributed by atoms with Crippen LogP contribution in [-0.2, 0) is 10.9 Å². The van der Waals surface area contributed by atoms with Crippen molar-refractivity contribution in [2.45, 2.75) is 44.9 Å². The lowest BCUT2D eigenvalue weighted by atomic mass is 9.89. The minimum absolute atomic E-state index is 0.103. The molecular weight excluding hydrogens is 283 g/mol. The van der Waals surface area contributed by atoms with Crippen LogP contribution >= 0.6 is 0 Å². The van der Waals surface area contributed by atoms with E-state index in [-0.39, 0.29) is 17.4 Å². The molecule has 0 aromatic heterocycles. The van der Waals surface area contributed by atoms with Gasteiger partial charge in [-0.15, -0.1) is 0 Å². The molecule has 0 amide bonds. The van der Waals surface area contributed by atoms with Crippen molar-refractivity contribution in [1.82, 2.24) is 0 Å². The van der Waals surface area contributed by atoms with Gasteiger partial charge in [0.15, 0.2) is 0 Å². The number of hydrogen-bond acceptors (Lipinski definition) is 3. The van der Waals surface area contributed by atoms with E-state index in [9.17, 15) is 18.0 Å². The van der Waals surface area contributed by atoms with Gasteiger partial charge in [-0.1, -0.05) is 6.92 Å². The molecule has 1 aromatic carbocycles. The van der Waals surface area contributed by atoms with Gasteiger partial charge in [-0.25, -0.2) is 4.79 Å². The van der Waals surface area contributed by atoms with Crippen molar-refractivity contribution >= 4 is 11.7 Å². The largest absolute Gasteiger partial charge is 0.459 e. The Hall–Kier alpha value is -1.72. The quantitative estimate of drug-likeness (QED) is 0.663. The van der Waals surface area contributed by atoms with E-state index in [2.05, 4.69) is 6.92 Å². The number of benzene rings is 1. The van der Waals surface area contributed by atoms with E-state index in [4.69, 9.17) is 10.5 Å². The maximum atomic E-state index is 12.7. The van der Waals surface area contributed by atoms with E-state index in [1.54, 1.807) is 0 Å². The number of nitrogens with two attached hydrogens (primary N) is 1. The second-order valence-electron chi connectivity index (χ2n) is 5.63. The van der Waals surface area contributed by atoms with Crippen LogP contribution in [0.15, 0.2) is 18.2 Å². The van der Waals surface area contributed by atoms with E-state index in [1.807, 2.05) is 0 Å². The number of halogens is 3. The Morgan fingerprint density at radius 3 is 2.38 bits per heavy atom. The number of nitrogen functional groups attached to an aromatic ring is 1. The zero-order chi connectivity index (χ0) is 15.6. The first-order valence-electron chi connectivity index (χ1n) is 6.94. The number of anilines is 1. The van der Waals surface area contributed by atoms with Crippen molar-refractivity contribution in [3.05, 3.63) is 29.3 Å². The summed E-state index contributed by atoms with van der Waals surface area (Å²) in [7, 11) is 0. The van der Waals surface area contributed by atoms with Crippen LogP contribution in [-0.4, -0.2) is 12.1 Å². The average Bonchev–Trinajstić information content (AvgIpc) is 2.39. The molecule has 0 radical (unpaired) electrons. The predicted molar refractivity (Wildman–Crippen MR) is 72.7 cm³/mol. The molecule has 2 rings (SSSR count). The van der Waals surface area contributed by atoms with E-state index in [0.717, 1.165) is 37.8 Å². The lowest BCUT2D eigenvalue weighted by Crippen LogP contribution is -2.24. The minimum Gasteiger partial charge on any atom is -0.459 e. The van der Waals surface area contributed by atoms with Gasteiger partial charge in [-0.05, 0) is 49.8 Å². The van der Waals surface area contributed by atoms with Gasteiger partial charge in [0.2, 0.25) is 0 Å². The standard InChI is InChI=1S/C15H18F3NO2/c1-9-2-4-13(5-3-9)21-14(20)10-6-11(15(16,17)18)8-12(19)7-10/h6-9,13H,2-5,19H2,1H3. The number of carbonyl (C=O) groups excluding carboxylic acids is 1. The van der Waals surface area contributed by atoms with Crippen molar-refractivity contribution in [2.24, 2.45) is 5.92 Å². The Bertz CT molecular complexity index is 520. The summed E-state index contributed by atoms with van der Waals surface area (Å²) >= 11 is 0. The summed E-state index contributed by atoms with van der Waals surface area (Å²) in [6.07, 6.45) is -1.33. The Morgan fingerprint density at radius 1 is 1.19 bits per heavy atom. The first-order valence-corrected chi connectivity index (χ1v) is 6.94. The number of carbonyl (C=O) groups is 1. The molecule has 0 heterocycles. The molecule has 0 saturated heterocycles. The predicted octanol–water partition coefficient (Wildman–Crippen LogP) is 4.02. The lowest BCUT2D eigenvalue weighted by Gasteiger charge is -2.26. The molecule has 0 spiro atoms. The topological polar surface area (TPSA) is 52.3 Å². The molecule has 1 aromatic rings. The molecule has 0 bridgehead atoms. The molecule has 0 atom stereocenters. The smallest absolute Gasteiger partial charge is 0.416 e. The van der Waals surface area contributed by atoms with Crippen molar-refractivity contribution in [3.63, 3.8) is 0 Å². The maximum Gasteiger partial charge on any atom is 0.416 e. The van der Waals surface area contributed by atoms with Crippen molar-refractivity contribution in [3.8, 4) is 0 Å². The van der Waals surface area contributed by atoms with E-state index < -0.39 is 17.7 Å². The molecule has 1 fully saturated rings. The molecule has 3 nitrogen and oxygen atoms in total. The maximum absolute atomic E-state index is 12.7. The Labute approximate surface area is 121 Å². The van der Waals surface area contributed by atoms with Crippen LogP contribution in [0.3, 0.4) is 0 Å². The SMILES string of the molecule is CC1CCC(OC(=O)c2cc(N)cc(C(F)(F)F)c2)CC1. The van der Waals surface area contributed by atoms with Gasteiger partial charge >= 0.3 is 12.1 Å². The second-order valence-corrected chi connectivity index (χ2v) is 5.63. The highest BCUT2D eigenvalue weighted by Gasteiger charge is 2.32. The van der Waals surface area contributed by atoms with Crippen LogP contribution in [0.1, 0.15) is 48.5 Å². The van der Waals surface area contributed by atoms with Gasteiger partial charge in [0.05, 0.1) is 11.1 Å². The van der Waals surface area contributed by atoms with Crippen LogP contribution in [0.2, 0.25) is 0 Å². The van der Waals surface area contributed by atoms with Crippen LogP contribution in [0.25, 0.3) is 0 Å². The highest BCUT2D eigenvalue weighted by atomic mass is 19.4. The third-order valence-electron chi connectivity index (χ3n) is 3.75. The Balaban J connectivity index is 2.10. The summed E-state index contributed by atoms with van der Waals surface area (Å²) in [6.45, 7) is 2.13. The molecular formula is C15H18F3NO2. The molecule has 1 aliphatic rings. The Kier molecular flexibility index (Phi) is 4.44. The summed E-state index contributed by atoms with van der Waals surface area (Å²) in [5.74, 6) is -0.142. The minimum atomic E-state index is -4.54. The normalized spacial score (nSPS) is 22.9. The van der Waals surface area contributed by atoms with Gasteiger partial charge in [0.25, 0.3) is 0 Å². The lowest BCUT2D eigenvalue weighted by molar-refractivity contribution is -0.137. The van der Waals surface area contributed by atoms with E-state index in [1.165, 1.54) is 6.07 Å². The van der Waals surface area contributed by atoms with E-state index in [0.29, 0.717) is 5.92 Å². The summed E-state index contributed by atoms with van der Waals surface area (Å²) < 4.78 is 43.4. The van der Waals surface area contributed by atoms with Gasteiger partial charge < -0.3 is 10.5 Å². The van der Waals surface area contributed by atoms with E-state index >= 15 is 0 Å². The number of ether oxygens (including phenoxy) is 1. The molecule has 6 heteroatoms. The van der Waals surface area contributed by atoms with Gasteiger partial charge in [-0.3, -0.25) is 0 Å². The molecule has 1 aliphatic carbocycles. The number of rotatable bonds is 2. The summed E-state index contributed by atoms with van der Waals surface area (Å²) in [4.78, 5) is 12.0. The fourth-order valence-corrected chi connectivity index (χ4v) is 2.50. The first-order chi connectivity index (χ1) is 9.75. The van der Waals surface area contributed by atoms with Crippen molar-refractivity contribution in [2.75, 3.05) is 5.73 Å². The molecule has 116 valence electrons. The fourth-order valence-electron chi connectivity index (χ4n) is 2.50. The van der Waals surface area contributed by atoms with Crippen molar-refractivity contribution < 1.29 is 22.7 Å². The average molecular weight is 301 g/mol. The summed E-state index contributed by atoms with van der Waals surface area (Å²) in [5.41, 5.74) is 4.24. The van der Waals surface area contributed by atoms with Gasteiger partial charge in [-0.2, -0.15) is 13.2 Å². The summed E-state index contributed by atoms with van der Waals surface area (Å²) in [6, 6.07) is 2.80.